The van der Waals surface area contributed by atoms with Gasteiger partial charge in [-0.1, -0.05) is 30.3 Å². The van der Waals surface area contributed by atoms with Gasteiger partial charge in [0.05, 0.1) is 5.69 Å². The van der Waals surface area contributed by atoms with Crippen LogP contribution in [0.15, 0.2) is 54.6 Å². The molecule has 7 nitrogen and oxygen atoms in total. The van der Waals surface area contributed by atoms with Crippen LogP contribution in [-0.2, 0) is 4.79 Å². The van der Waals surface area contributed by atoms with Crippen molar-refractivity contribution in [2.75, 3.05) is 62.6 Å². The zero-order valence-corrected chi connectivity index (χ0v) is 20.3. The summed E-state index contributed by atoms with van der Waals surface area (Å²) in [6.07, 6.45) is 3.13. The zero-order chi connectivity index (χ0) is 24.5. The van der Waals surface area contributed by atoms with E-state index in [-0.39, 0.29) is 17.8 Å². The number of nitrogens with one attached hydrogen (secondary N) is 2. The highest BCUT2D eigenvalue weighted by Gasteiger charge is 2.24. The fraction of sp³-hybridized carbons (Fsp3) is 0.481. The summed E-state index contributed by atoms with van der Waals surface area (Å²) in [5, 5.41) is 5.99. The molecular weight excluding hydrogens is 445 g/mol. The van der Waals surface area contributed by atoms with E-state index in [9.17, 15) is 14.0 Å². The number of nitrogens with zero attached hydrogens (tertiary/aromatic N) is 3. The lowest BCUT2D eigenvalue weighted by Gasteiger charge is -2.36. The van der Waals surface area contributed by atoms with Crippen molar-refractivity contribution in [2.24, 2.45) is 5.92 Å². The number of rotatable bonds is 8. The molecular formula is C27H36FN5O2. The third-order valence-corrected chi connectivity index (χ3v) is 6.94. The molecule has 0 saturated carbocycles. The number of likely N-dealkylation sites (tertiary alicyclic amines) is 1. The maximum atomic E-state index is 14.0. The number of piperazine rings is 1. The molecule has 2 aromatic rings. The molecule has 0 radical (unpaired) electrons. The minimum atomic E-state index is -0.162. The molecule has 2 saturated heterocycles. The summed E-state index contributed by atoms with van der Waals surface area (Å²) in [5.74, 6) is 0.258. The summed E-state index contributed by atoms with van der Waals surface area (Å²) >= 11 is 0. The highest BCUT2D eigenvalue weighted by atomic mass is 19.1. The Morgan fingerprint density at radius 2 is 1.57 bits per heavy atom. The lowest BCUT2D eigenvalue weighted by atomic mass is 9.93. The van der Waals surface area contributed by atoms with E-state index in [2.05, 4.69) is 20.4 Å². The molecule has 0 atom stereocenters. The molecule has 2 fully saturated rings. The third kappa shape index (κ3) is 7.42. The van der Waals surface area contributed by atoms with E-state index >= 15 is 0 Å². The van der Waals surface area contributed by atoms with E-state index < -0.39 is 0 Å². The topological polar surface area (TPSA) is 67.9 Å². The molecule has 35 heavy (non-hydrogen) atoms. The zero-order valence-electron chi connectivity index (χ0n) is 20.3. The number of anilines is 2. The molecule has 188 valence electrons. The Balaban J connectivity index is 1.06. The normalized spacial score (nSPS) is 17.3. The van der Waals surface area contributed by atoms with Crippen LogP contribution >= 0.6 is 0 Å². The van der Waals surface area contributed by atoms with E-state index in [0.717, 1.165) is 57.7 Å². The minimum Gasteiger partial charge on any atom is -0.367 e. The quantitative estimate of drug-likeness (QED) is 0.563. The smallest absolute Gasteiger partial charge is 0.321 e. The fourth-order valence-electron chi connectivity index (χ4n) is 4.85. The van der Waals surface area contributed by atoms with Crippen LogP contribution in [-0.4, -0.2) is 74.1 Å². The van der Waals surface area contributed by atoms with E-state index in [1.165, 1.54) is 6.07 Å². The first-order valence-corrected chi connectivity index (χ1v) is 12.7. The first kappa shape index (κ1) is 25.0. The standard InChI is InChI=1S/C27H36FN5O2/c28-24-9-4-5-10-25(24)32-19-17-31(18-20-32)14-6-13-29-26(34)21-22-11-15-33(16-12-22)27(35)30-23-7-2-1-3-8-23/h1-5,7-10,22H,6,11-21H2,(H,29,34)(H,30,35). The maximum Gasteiger partial charge on any atom is 0.321 e. The van der Waals surface area contributed by atoms with E-state index in [0.29, 0.717) is 37.7 Å². The van der Waals surface area contributed by atoms with Crippen molar-refractivity contribution in [3.8, 4) is 0 Å². The Morgan fingerprint density at radius 1 is 0.886 bits per heavy atom. The Kier molecular flexibility index (Phi) is 8.95. The summed E-state index contributed by atoms with van der Waals surface area (Å²) in [4.78, 5) is 31.1. The highest BCUT2D eigenvalue weighted by molar-refractivity contribution is 5.89. The number of para-hydroxylation sites is 2. The van der Waals surface area contributed by atoms with Crippen molar-refractivity contribution in [3.05, 3.63) is 60.4 Å². The third-order valence-electron chi connectivity index (χ3n) is 6.94. The molecule has 2 aliphatic rings. The lowest BCUT2D eigenvalue weighted by Crippen LogP contribution is -2.47. The molecule has 0 aliphatic carbocycles. The van der Waals surface area contributed by atoms with Gasteiger partial charge in [0.2, 0.25) is 5.91 Å². The second kappa shape index (κ2) is 12.5. The van der Waals surface area contributed by atoms with Crippen molar-refractivity contribution in [1.29, 1.82) is 0 Å². The van der Waals surface area contributed by atoms with E-state index in [1.54, 1.807) is 6.07 Å². The second-order valence-corrected chi connectivity index (χ2v) is 9.41. The van der Waals surface area contributed by atoms with Crippen LogP contribution in [0, 0.1) is 11.7 Å². The molecule has 0 spiro atoms. The van der Waals surface area contributed by atoms with Gasteiger partial charge in [-0.05, 0) is 56.0 Å². The number of piperidine rings is 1. The number of halogens is 1. The number of urea groups is 1. The van der Waals surface area contributed by atoms with Gasteiger partial charge < -0.3 is 20.4 Å². The molecule has 8 heteroatoms. The highest BCUT2D eigenvalue weighted by Crippen LogP contribution is 2.22. The van der Waals surface area contributed by atoms with Crippen LogP contribution < -0.4 is 15.5 Å². The summed E-state index contributed by atoms with van der Waals surface area (Å²) < 4.78 is 14.0. The average Bonchev–Trinajstić information content (AvgIpc) is 2.88. The Morgan fingerprint density at radius 3 is 2.29 bits per heavy atom. The lowest BCUT2D eigenvalue weighted by molar-refractivity contribution is -0.122. The monoisotopic (exact) mass is 481 g/mol. The van der Waals surface area contributed by atoms with Crippen molar-refractivity contribution < 1.29 is 14.0 Å². The fourth-order valence-corrected chi connectivity index (χ4v) is 4.85. The number of carbonyl (C=O) groups excluding carboxylic acids is 2. The van der Waals surface area contributed by atoms with Gasteiger partial charge >= 0.3 is 6.03 Å². The van der Waals surface area contributed by atoms with Gasteiger partial charge in [-0.15, -0.1) is 0 Å². The van der Waals surface area contributed by atoms with Crippen LogP contribution in [0.3, 0.4) is 0 Å². The van der Waals surface area contributed by atoms with E-state index in [1.807, 2.05) is 47.4 Å². The molecule has 0 bridgehead atoms. The summed E-state index contributed by atoms with van der Waals surface area (Å²) in [6.45, 7) is 6.39. The molecule has 2 N–H and O–H groups in total. The molecule has 3 amide bonds. The van der Waals surface area contributed by atoms with Gasteiger partial charge in [0.15, 0.2) is 0 Å². The number of benzene rings is 2. The Labute approximate surface area is 207 Å². The van der Waals surface area contributed by atoms with Crippen LogP contribution in [0.25, 0.3) is 0 Å². The second-order valence-electron chi connectivity index (χ2n) is 9.41. The molecule has 0 aromatic heterocycles. The number of hydrogen-bond donors (Lipinski definition) is 2. The van der Waals surface area contributed by atoms with Crippen LogP contribution in [0.4, 0.5) is 20.6 Å². The van der Waals surface area contributed by atoms with Gasteiger partial charge in [0.1, 0.15) is 5.82 Å². The van der Waals surface area contributed by atoms with Gasteiger partial charge in [0, 0.05) is 57.9 Å². The van der Waals surface area contributed by atoms with Crippen molar-refractivity contribution in [2.45, 2.75) is 25.7 Å². The van der Waals surface area contributed by atoms with Crippen LogP contribution in [0.5, 0.6) is 0 Å². The molecule has 4 rings (SSSR count). The SMILES string of the molecule is O=C(CC1CCN(C(=O)Nc2ccccc2)CC1)NCCCN1CCN(c2ccccc2F)CC1. The van der Waals surface area contributed by atoms with Gasteiger partial charge in [0.25, 0.3) is 0 Å². The molecule has 2 aromatic carbocycles. The molecule has 2 heterocycles. The largest absolute Gasteiger partial charge is 0.367 e. The summed E-state index contributed by atoms with van der Waals surface area (Å²) in [5.41, 5.74) is 1.48. The molecule has 2 aliphatic heterocycles. The predicted octanol–water partition coefficient (Wildman–Crippen LogP) is 3.79. The van der Waals surface area contributed by atoms with Gasteiger partial charge in [-0.25, -0.2) is 9.18 Å². The maximum absolute atomic E-state index is 14.0. The minimum absolute atomic E-state index is 0.0752. The van der Waals surface area contributed by atoms with Gasteiger partial charge in [-0.3, -0.25) is 9.69 Å². The number of hydrogen-bond acceptors (Lipinski definition) is 4. The number of carbonyl (C=O) groups is 2. The van der Waals surface area contributed by atoms with Crippen molar-refractivity contribution in [3.63, 3.8) is 0 Å². The Hall–Kier alpha value is -3.13. The van der Waals surface area contributed by atoms with Gasteiger partial charge in [-0.2, -0.15) is 0 Å². The molecule has 0 unspecified atom stereocenters. The van der Waals surface area contributed by atoms with Crippen LogP contribution in [0.2, 0.25) is 0 Å². The first-order chi connectivity index (χ1) is 17.1. The van der Waals surface area contributed by atoms with Crippen molar-refractivity contribution in [1.82, 2.24) is 15.1 Å². The number of amides is 3. The Bertz CT molecular complexity index is 957. The summed E-state index contributed by atoms with van der Waals surface area (Å²) in [7, 11) is 0. The average molecular weight is 482 g/mol. The van der Waals surface area contributed by atoms with Crippen LogP contribution in [0.1, 0.15) is 25.7 Å². The van der Waals surface area contributed by atoms with E-state index in [4.69, 9.17) is 0 Å². The summed E-state index contributed by atoms with van der Waals surface area (Å²) in [6, 6.07) is 16.3. The predicted molar refractivity (Wildman–Crippen MR) is 137 cm³/mol. The van der Waals surface area contributed by atoms with Crippen molar-refractivity contribution >= 4 is 23.3 Å². The first-order valence-electron chi connectivity index (χ1n) is 12.7.